The van der Waals surface area contributed by atoms with E-state index in [1.807, 2.05) is 45.0 Å². The molecule has 8 nitrogen and oxygen atoms in total. The number of thioether (sulfide) groups is 1. The molecule has 2 unspecified atom stereocenters. The largest absolute Gasteiger partial charge is 0.394 e. The smallest absolute Gasteiger partial charge is 0.248 e. The number of rotatable bonds is 11. The first-order chi connectivity index (χ1) is 17.7. The third kappa shape index (κ3) is 4.73. The maximum Gasteiger partial charge on any atom is 0.248 e. The number of aliphatic hydroxyl groups excluding tert-OH is 1. The minimum atomic E-state index is -0.744. The van der Waals surface area contributed by atoms with E-state index in [-0.39, 0.29) is 35.5 Å². The van der Waals surface area contributed by atoms with Crippen LogP contribution < -0.4 is 15.5 Å². The van der Waals surface area contributed by atoms with Crippen LogP contribution in [0.4, 0.5) is 11.4 Å². The second-order valence-electron chi connectivity index (χ2n) is 10.8. The molecule has 0 aliphatic carbocycles. The van der Waals surface area contributed by atoms with Crippen molar-refractivity contribution in [3.05, 3.63) is 24.3 Å². The predicted molar refractivity (Wildman–Crippen MR) is 149 cm³/mol. The molecule has 4 rings (SSSR count). The quantitative estimate of drug-likeness (QED) is 0.406. The van der Waals surface area contributed by atoms with E-state index >= 15 is 0 Å². The van der Waals surface area contributed by atoms with Crippen molar-refractivity contribution < 1.29 is 19.5 Å². The van der Waals surface area contributed by atoms with E-state index in [0.717, 1.165) is 31.6 Å². The van der Waals surface area contributed by atoms with Crippen LogP contribution in [0.5, 0.6) is 0 Å². The number of carbonyl (C=O) groups excluding carboxylic acids is 3. The summed E-state index contributed by atoms with van der Waals surface area (Å²) in [6.07, 6.45) is 2.34. The number of hydrogen-bond donors (Lipinski definition) is 3. The molecular weight excluding hydrogens is 488 g/mol. The van der Waals surface area contributed by atoms with Gasteiger partial charge in [0.15, 0.2) is 0 Å². The Morgan fingerprint density at radius 2 is 1.84 bits per heavy atom. The lowest BCUT2D eigenvalue weighted by molar-refractivity contribution is -0.142. The van der Waals surface area contributed by atoms with Crippen LogP contribution >= 0.6 is 11.8 Å². The number of aliphatic hydroxyl groups is 1. The number of benzene rings is 1. The number of likely N-dealkylation sites (tertiary alicyclic amines) is 1. The molecule has 3 amide bonds. The Bertz CT molecular complexity index is 998. The van der Waals surface area contributed by atoms with Gasteiger partial charge in [0.25, 0.3) is 0 Å². The summed E-state index contributed by atoms with van der Waals surface area (Å²) >= 11 is 1.65. The van der Waals surface area contributed by atoms with Crippen LogP contribution in [0.25, 0.3) is 0 Å². The van der Waals surface area contributed by atoms with Gasteiger partial charge in [0.1, 0.15) is 6.04 Å². The van der Waals surface area contributed by atoms with Crippen LogP contribution in [0, 0.1) is 17.8 Å². The maximum atomic E-state index is 14.1. The van der Waals surface area contributed by atoms with Crippen molar-refractivity contribution in [1.82, 2.24) is 10.2 Å². The van der Waals surface area contributed by atoms with Gasteiger partial charge >= 0.3 is 0 Å². The summed E-state index contributed by atoms with van der Waals surface area (Å²) < 4.78 is -0.663. The number of hydrogen-bond acceptors (Lipinski definition) is 6. The molecule has 0 saturated carbocycles. The number of nitrogens with one attached hydrogen (secondary N) is 2. The minimum Gasteiger partial charge on any atom is -0.394 e. The standard InChI is InChI=1S/C28H42N4O4S/c1-6-15-29-25(34)22-21-13-14-28(37-21)23(22)27(36)32(20(16-33)17(4)5)24(28)26(35)30-18-9-11-19(12-10-18)31(7-2)8-3/h9-12,17,20-24,33H,6-8,13-16H2,1-5H3,(H,29,34)(H,30,35)/t20-,21+,22-,23-,24?,28?/m0/s1. The Hall–Kier alpha value is -2.26. The van der Waals surface area contributed by atoms with Crippen molar-refractivity contribution in [2.45, 2.75) is 76.0 Å². The van der Waals surface area contributed by atoms with E-state index in [4.69, 9.17) is 0 Å². The first kappa shape index (κ1) is 27.8. The van der Waals surface area contributed by atoms with Crippen molar-refractivity contribution in [3.63, 3.8) is 0 Å². The van der Waals surface area contributed by atoms with E-state index in [0.29, 0.717) is 18.7 Å². The molecule has 3 heterocycles. The van der Waals surface area contributed by atoms with Gasteiger partial charge in [0, 0.05) is 36.3 Å². The highest BCUT2D eigenvalue weighted by atomic mass is 32.2. The molecule has 37 heavy (non-hydrogen) atoms. The van der Waals surface area contributed by atoms with Crippen LogP contribution in [0.1, 0.15) is 53.9 Å². The van der Waals surface area contributed by atoms with Crippen LogP contribution in [0.3, 0.4) is 0 Å². The second kappa shape index (κ2) is 11.2. The molecule has 1 spiro atoms. The average Bonchev–Trinajstić information content (AvgIpc) is 3.52. The van der Waals surface area contributed by atoms with Gasteiger partial charge < -0.3 is 25.5 Å². The molecule has 2 bridgehead atoms. The van der Waals surface area contributed by atoms with E-state index in [2.05, 4.69) is 29.4 Å². The Kier molecular flexibility index (Phi) is 8.43. The summed E-state index contributed by atoms with van der Waals surface area (Å²) in [4.78, 5) is 45.1. The second-order valence-corrected chi connectivity index (χ2v) is 12.4. The highest BCUT2D eigenvalue weighted by Crippen LogP contribution is 2.66. The van der Waals surface area contributed by atoms with Gasteiger partial charge in [-0.25, -0.2) is 0 Å². The Morgan fingerprint density at radius 3 is 2.41 bits per heavy atom. The lowest BCUT2D eigenvalue weighted by atomic mass is 9.70. The van der Waals surface area contributed by atoms with Gasteiger partial charge in [0.05, 0.1) is 29.2 Å². The molecule has 0 aromatic heterocycles. The highest BCUT2D eigenvalue weighted by molar-refractivity contribution is 8.02. The predicted octanol–water partition coefficient (Wildman–Crippen LogP) is 3.11. The van der Waals surface area contributed by atoms with Crippen molar-refractivity contribution in [2.24, 2.45) is 17.8 Å². The Balaban J connectivity index is 1.67. The van der Waals surface area contributed by atoms with Gasteiger partial charge in [-0.15, -0.1) is 11.8 Å². The zero-order valence-corrected chi connectivity index (χ0v) is 23.5. The average molecular weight is 531 g/mol. The van der Waals surface area contributed by atoms with Crippen molar-refractivity contribution in [2.75, 3.05) is 36.5 Å². The van der Waals surface area contributed by atoms with Crippen molar-refractivity contribution in [3.8, 4) is 0 Å². The maximum absolute atomic E-state index is 14.1. The lowest BCUT2D eigenvalue weighted by Crippen LogP contribution is -2.56. The first-order valence-electron chi connectivity index (χ1n) is 13.8. The normalized spacial score (nSPS) is 28.9. The fourth-order valence-electron chi connectivity index (χ4n) is 6.59. The number of amides is 3. The fraction of sp³-hybridized carbons (Fsp3) is 0.679. The summed E-state index contributed by atoms with van der Waals surface area (Å²) in [5, 5.41) is 16.4. The monoisotopic (exact) mass is 530 g/mol. The summed E-state index contributed by atoms with van der Waals surface area (Å²) in [7, 11) is 0. The third-order valence-corrected chi connectivity index (χ3v) is 10.4. The highest BCUT2D eigenvalue weighted by Gasteiger charge is 2.74. The molecular formula is C28H42N4O4S. The fourth-order valence-corrected chi connectivity index (χ4v) is 8.80. The number of anilines is 2. The van der Waals surface area contributed by atoms with Crippen LogP contribution in [0.2, 0.25) is 0 Å². The van der Waals surface area contributed by atoms with Gasteiger partial charge in [-0.05, 0) is 63.3 Å². The molecule has 3 saturated heterocycles. The van der Waals surface area contributed by atoms with Crippen molar-refractivity contribution in [1.29, 1.82) is 0 Å². The molecule has 1 aromatic rings. The number of nitrogens with zero attached hydrogens (tertiary/aromatic N) is 2. The topological polar surface area (TPSA) is 102 Å². The lowest BCUT2D eigenvalue weighted by Gasteiger charge is -2.38. The van der Waals surface area contributed by atoms with Crippen LogP contribution in [0.15, 0.2) is 24.3 Å². The zero-order valence-electron chi connectivity index (χ0n) is 22.7. The van der Waals surface area contributed by atoms with Gasteiger partial charge in [-0.3, -0.25) is 14.4 Å². The van der Waals surface area contributed by atoms with Crippen LogP contribution in [-0.4, -0.2) is 76.0 Å². The molecule has 3 aliphatic heterocycles. The summed E-state index contributed by atoms with van der Waals surface area (Å²) in [6.45, 7) is 12.3. The summed E-state index contributed by atoms with van der Waals surface area (Å²) in [5.74, 6) is -1.54. The Labute approximate surface area is 224 Å². The van der Waals surface area contributed by atoms with Crippen LogP contribution in [-0.2, 0) is 14.4 Å². The minimum absolute atomic E-state index is 0.0308. The van der Waals surface area contributed by atoms with E-state index in [9.17, 15) is 19.5 Å². The molecule has 1 aromatic carbocycles. The molecule has 3 aliphatic rings. The summed E-state index contributed by atoms with van der Waals surface area (Å²) in [6, 6.07) is 6.55. The van der Waals surface area contributed by atoms with Crippen molar-refractivity contribution >= 4 is 40.9 Å². The van der Waals surface area contributed by atoms with Gasteiger partial charge in [0.2, 0.25) is 17.7 Å². The molecule has 204 valence electrons. The first-order valence-corrected chi connectivity index (χ1v) is 14.7. The molecule has 0 radical (unpaired) electrons. The summed E-state index contributed by atoms with van der Waals surface area (Å²) in [5.41, 5.74) is 1.76. The zero-order chi connectivity index (χ0) is 26.9. The molecule has 3 fully saturated rings. The molecule has 6 atom stereocenters. The van der Waals surface area contributed by atoms with E-state index < -0.39 is 28.7 Å². The van der Waals surface area contributed by atoms with Gasteiger partial charge in [-0.1, -0.05) is 20.8 Å². The Morgan fingerprint density at radius 1 is 1.16 bits per heavy atom. The number of fused-ring (bicyclic) bond motifs is 1. The molecule has 3 N–H and O–H groups in total. The third-order valence-electron chi connectivity index (χ3n) is 8.42. The molecule has 9 heteroatoms. The number of carbonyl (C=O) groups is 3. The van der Waals surface area contributed by atoms with Gasteiger partial charge in [-0.2, -0.15) is 0 Å². The van der Waals surface area contributed by atoms with E-state index in [1.165, 1.54) is 0 Å². The SMILES string of the molecule is CCCNC(=O)[C@@H]1[C@H]2C(=O)N([C@@H](CO)C(C)C)C(C(=O)Nc3ccc(N(CC)CC)cc3)C23CC[C@H]1S3. The van der Waals surface area contributed by atoms with E-state index in [1.54, 1.807) is 16.7 Å².